The Morgan fingerprint density at radius 3 is 2.60 bits per heavy atom. The Morgan fingerprint density at radius 2 is 1.95 bits per heavy atom. The van der Waals surface area contributed by atoms with Crippen LogP contribution in [0.3, 0.4) is 0 Å². The number of aliphatic carboxylic acids is 1. The van der Waals surface area contributed by atoms with Crippen molar-refractivity contribution in [3.8, 4) is 0 Å². The molecule has 1 aromatic heterocycles. The van der Waals surface area contributed by atoms with Gasteiger partial charge in [-0.15, -0.1) is 0 Å². The number of nitrogens with zero attached hydrogens (tertiary/aromatic N) is 1. The highest BCUT2D eigenvalue weighted by Crippen LogP contribution is 2.16. The highest BCUT2D eigenvalue weighted by molar-refractivity contribution is 6.03. The molecule has 6 nitrogen and oxygen atoms in total. The summed E-state index contributed by atoms with van der Waals surface area (Å²) in [6, 6.07) is 9.82. The van der Waals surface area contributed by atoms with Crippen molar-refractivity contribution in [2.24, 2.45) is 0 Å². The molecule has 0 fully saturated rings. The van der Waals surface area contributed by atoms with Crippen LogP contribution < -0.4 is 11.1 Å². The summed E-state index contributed by atoms with van der Waals surface area (Å²) in [5.74, 6) is -1.37. The van der Waals surface area contributed by atoms with Crippen LogP contribution in [0.5, 0.6) is 0 Å². The SMILES string of the molecule is Nc1ccc(C(=O)Nc2ccccc2CC(=O)O)nc1. The smallest absolute Gasteiger partial charge is 0.307 e. The number of nitrogens with two attached hydrogens (primary N) is 1. The van der Waals surface area contributed by atoms with E-state index in [0.29, 0.717) is 16.9 Å². The lowest BCUT2D eigenvalue weighted by atomic mass is 10.1. The second kappa shape index (κ2) is 5.83. The number of carboxylic acid groups (broad SMARTS) is 1. The average Bonchev–Trinajstić information content (AvgIpc) is 2.41. The first-order valence-electron chi connectivity index (χ1n) is 5.89. The highest BCUT2D eigenvalue weighted by atomic mass is 16.4. The molecule has 0 aliphatic rings. The minimum atomic E-state index is -0.961. The minimum absolute atomic E-state index is 0.161. The number of nitrogen functional groups attached to an aromatic ring is 1. The first-order chi connectivity index (χ1) is 9.56. The second-order valence-electron chi connectivity index (χ2n) is 4.16. The lowest BCUT2D eigenvalue weighted by Gasteiger charge is -2.09. The van der Waals surface area contributed by atoms with Crippen LogP contribution in [0.15, 0.2) is 42.6 Å². The van der Waals surface area contributed by atoms with Gasteiger partial charge in [0.2, 0.25) is 0 Å². The Kier molecular flexibility index (Phi) is 3.95. The monoisotopic (exact) mass is 271 g/mol. The molecule has 0 saturated carbocycles. The molecule has 0 aliphatic heterocycles. The van der Waals surface area contributed by atoms with Gasteiger partial charge in [-0.05, 0) is 23.8 Å². The third kappa shape index (κ3) is 3.32. The zero-order valence-corrected chi connectivity index (χ0v) is 10.5. The Balaban J connectivity index is 2.19. The van der Waals surface area contributed by atoms with E-state index in [1.54, 1.807) is 30.3 Å². The van der Waals surface area contributed by atoms with Gasteiger partial charge in [0.15, 0.2) is 0 Å². The maximum atomic E-state index is 12.0. The van der Waals surface area contributed by atoms with Crippen molar-refractivity contribution >= 4 is 23.3 Å². The number of hydrogen-bond acceptors (Lipinski definition) is 4. The molecular weight excluding hydrogens is 258 g/mol. The summed E-state index contributed by atoms with van der Waals surface area (Å²) in [5, 5.41) is 11.5. The molecule has 0 unspecified atom stereocenters. The van der Waals surface area contributed by atoms with Crippen LogP contribution in [0, 0.1) is 0 Å². The fourth-order valence-corrected chi connectivity index (χ4v) is 1.69. The molecular formula is C14H13N3O3. The number of amides is 1. The lowest BCUT2D eigenvalue weighted by Crippen LogP contribution is -2.15. The Labute approximate surface area is 115 Å². The van der Waals surface area contributed by atoms with E-state index < -0.39 is 11.9 Å². The summed E-state index contributed by atoms with van der Waals surface area (Å²) < 4.78 is 0. The van der Waals surface area contributed by atoms with Gasteiger partial charge in [0.1, 0.15) is 5.69 Å². The Morgan fingerprint density at radius 1 is 1.20 bits per heavy atom. The fourth-order valence-electron chi connectivity index (χ4n) is 1.69. The first-order valence-corrected chi connectivity index (χ1v) is 5.89. The Hall–Kier alpha value is -2.89. The largest absolute Gasteiger partial charge is 0.481 e. The van der Waals surface area contributed by atoms with Crippen LogP contribution in [0.25, 0.3) is 0 Å². The Bertz CT molecular complexity index is 638. The van der Waals surface area contributed by atoms with Gasteiger partial charge >= 0.3 is 5.97 Å². The van der Waals surface area contributed by atoms with E-state index in [1.807, 2.05) is 0 Å². The number of carbonyl (C=O) groups excluding carboxylic acids is 1. The third-order valence-corrected chi connectivity index (χ3v) is 2.63. The van der Waals surface area contributed by atoms with Crippen molar-refractivity contribution in [3.05, 3.63) is 53.9 Å². The number of para-hydroxylation sites is 1. The van der Waals surface area contributed by atoms with Gasteiger partial charge in [-0.3, -0.25) is 9.59 Å². The molecule has 0 radical (unpaired) electrons. The number of nitrogens with one attached hydrogen (secondary N) is 1. The van der Waals surface area contributed by atoms with E-state index in [0.717, 1.165) is 0 Å². The van der Waals surface area contributed by atoms with Gasteiger partial charge in [-0.1, -0.05) is 18.2 Å². The van der Waals surface area contributed by atoms with Crippen LogP contribution in [-0.2, 0) is 11.2 Å². The van der Waals surface area contributed by atoms with E-state index in [4.69, 9.17) is 10.8 Å². The summed E-state index contributed by atoms with van der Waals surface area (Å²) in [6.07, 6.45) is 1.23. The minimum Gasteiger partial charge on any atom is -0.481 e. The topological polar surface area (TPSA) is 105 Å². The van der Waals surface area contributed by atoms with Crippen LogP contribution in [0.4, 0.5) is 11.4 Å². The van der Waals surface area contributed by atoms with Gasteiger partial charge in [0.25, 0.3) is 5.91 Å². The van der Waals surface area contributed by atoms with Crippen molar-refractivity contribution in [1.29, 1.82) is 0 Å². The summed E-state index contributed by atoms with van der Waals surface area (Å²) >= 11 is 0. The summed E-state index contributed by atoms with van der Waals surface area (Å²) in [6.45, 7) is 0. The predicted octanol–water partition coefficient (Wildman–Crippen LogP) is 1.54. The molecule has 1 amide bonds. The molecule has 2 rings (SSSR count). The molecule has 0 atom stereocenters. The molecule has 1 aromatic carbocycles. The van der Waals surface area contributed by atoms with Crippen LogP contribution in [-0.4, -0.2) is 22.0 Å². The van der Waals surface area contributed by atoms with Crippen molar-refractivity contribution in [1.82, 2.24) is 4.98 Å². The zero-order valence-electron chi connectivity index (χ0n) is 10.5. The van der Waals surface area contributed by atoms with E-state index in [9.17, 15) is 9.59 Å². The van der Waals surface area contributed by atoms with Crippen LogP contribution in [0.2, 0.25) is 0 Å². The van der Waals surface area contributed by atoms with E-state index >= 15 is 0 Å². The quantitative estimate of drug-likeness (QED) is 0.782. The molecule has 0 bridgehead atoms. The van der Waals surface area contributed by atoms with Gasteiger partial charge in [0, 0.05) is 5.69 Å². The molecule has 6 heteroatoms. The van der Waals surface area contributed by atoms with Gasteiger partial charge in [0.05, 0.1) is 18.3 Å². The van der Waals surface area contributed by atoms with Crippen molar-refractivity contribution in [2.75, 3.05) is 11.1 Å². The normalized spacial score (nSPS) is 10.0. The summed E-state index contributed by atoms with van der Waals surface area (Å²) in [5.41, 5.74) is 7.17. The maximum Gasteiger partial charge on any atom is 0.307 e. The standard InChI is InChI=1S/C14H13N3O3/c15-10-5-6-12(16-8-10)14(20)17-11-4-2-1-3-9(11)7-13(18)19/h1-6,8H,7,15H2,(H,17,20)(H,18,19). The number of aromatic nitrogens is 1. The molecule has 0 saturated heterocycles. The number of pyridine rings is 1. The van der Waals surface area contributed by atoms with Crippen molar-refractivity contribution in [3.63, 3.8) is 0 Å². The van der Waals surface area contributed by atoms with Gasteiger partial charge < -0.3 is 16.2 Å². The fraction of sp³-hybridized carbons (Fsp3) is 0.0714. The number of carboxylic acids is 1. The predicted molar refractivity (Wildman–Crippen MR) is 74.4 cm³/mol. The maximum absolute atomic E-state index is 12.0. The summed E-state index contributed by atoms with van der Waals surface area (Å²) in [7, 11) is 0. The van der Waals surface area contributed by atoms with Crippen LogP contribution in [0.1, 0.15) is 16.1 Å². The average molecular weight is 271 g/mol. The number of anilines is 2. The molecule has 102 valence electrons. The third-order valence-electron chi connectivity index (χ3n) is 2.63. The number of carbonyl (C=O) groups is 2. The number of rotatable bonds is 4. The number of benzene rings is 1. The lowest BCUT2D eigenvalue weighted by molar-refractivity contribution is -0.136. The molecule has 1 heterocycles. The zero-order chi connectivity index (χ0) is 14.5. The molecule has 0 aliphatic carbocycles. The van der Waals surface area contributed by atoms with Gasteiger partial charge in [-0.25, -0.2) is 4.98 Å². The molecule has 0 spiro atoms. The second-order valence-corrected chi connectivity index (χ2v) is 4.16. The van der Waals surface area contributed by atoms with E-state index in [1.165, 1.54) is 12.3 Å². The van der Waals surface area contributed by atoms with Crippen LogP contribution >= 0.6 is 0 Å². The number of hydrogen-bond donors (Lipinski definition) is 3. The highest BCUT2D eigenvalue weighted by Gasteiger charge is 2.11. The van der Waals surface area contributed by atoms with E-state index in [-0.39, 0.29) is 12.1 Å². The molecule has 2 aromatic rings. The van der Waals surface area contributed by atoms with E-state index in [2.05, 4.69) is 10.3 Å². The van der Waals surface area contributed by atoms with Crippen molar-refractivity contribution in [2.45, 2.75) is 6.42 Å². The first kappa shape index (κ1) is 13.5. The summed E-state index contributed by atoms with van der Waals surface area (Å²) in [4.78, 5) is 26.7. The van der Waals surface area contributed by atoms with Crippen molar-refractivity contribution < 1.29 is 14.7 Å². The molecule has 20 heavy (non-hydrogen) atoms. The molecule has 4 N–H and O–H groups in total. The van der Waals surface area contributed by atoms with Gasteiger partial charge in [-0.2, -0.15) is 0 Å².